The molecular weight excluding hydrogens is 582 g/mol. The Labute approximate surface area is 253 Å². The van der Waals surface area contributed by atoms with Crippen LogP contribution in [0.25, 0.3) is 43.9 Å². The Balaban J connectivity index is 1.39. The van der Waals surface area contributed by atoms with E-state index in [1.165, 1.54) is 10.8 Å². The molecule has 5 atom stereocenters. The third-order valence-corrected chi connectivity index (χ3v) is 8.69. The van der Waals surface area contributed by atoms with Gasteiger partial charge in [-0.15, -0.1) is 0 Å². The van der Waals surface area contributed by atoms with Crippen LogP contribution in [0.4, 0.5) is 0 Å². The van der Waals surface area contributed by atoms with Gasteiger partial charge in [-0.1, -0.05) is 30.3 Å². The van der Waals surface area contributed by atoms with Gasteiger partial charge in [0.2, 0.25) is 0 Å². The molecule has 1 fully saturated rings. The molecule has 2 aliphatic rings. The molecule has 5 N–H and O–H groups in total. The molecule has 0 saturated carbocycles. The Hall–Kier alpha value is -4.76. The standard InChI is InChI=1S/C32H27N5O8/c38-12-18-25(39)26(40)27(41)32(45-18)37-24-20(17-9-5-11-34-29(17)37)22-21(19-16-8-4-10-33-28(16)35-23(19)24)30(42)36(31(22)43)14-44-13-15-6-2-1-3-7-15/h1-11,18,25-27,32,38-41H,12-14H2,(H,33,35)/t18-,25-,26+,27-,32-/m1/s1. The fraction of sp³-hybridized carbons (Fsp3) is 0.250. The summed E-state index contributed by atoms with van der Waals surface area (Å²) in [7, 11) is 0. The molecule has 0 aliphatic carbocycles. The number of aromatic nitrogens is 4. The lowest BCUT2D eigenvalue weighted by molar-refractivity contribution is -0.249. The second-order valence-corrected chi connectivity index (χ2v) is 11.2. The Bertz CT molecular complexity index is 2140. The molecule has 1 saturated heterocycles. The fourth-order valence-corrected chi connectivity index (χ4v) is 6.63. The van der Waals surface area contributed by atoms with Crippen molar-refractivity contribution in [2.75, 3.05) is 13.3 Å². The van der Waals surface area contributed by atoms with Crippen LogP contribution in [0.3, 0.4) is 0 Å². The molecule has 6 aromatic rings. The maximum Gasteiger partial charge on any atom is 0.264 e. The van der Waals surface area contributed by atoms with Crippen molar-refractivity contribution in [2.24, 2.45) is 0 Å². The summed E-state index contributed by atoms with van der Waals surface area (Å²) in [5.41, 5.74) is 2.75. The van der Waals surface area contributed by atoms with Crippen molar-refractivity contribution in [2.45, 2.75) is 37.3 Å². The highest BCUT2D eigenvalue weighted by atomic mass is 16.6. The van der Waals surface area contributed by atoms with Crippen LogP contribution in [-0.2, 0) is 16.1 Å². The van der Waals surface area contributed by atoms with Gasteiger partial charge in [0, 0.05) is 33.9 Å². The van der Waals surface area contributed by atoms with E-state index in [0.29, 0.717) is 38.2 Å². The molecule has 4 aromatic heterocycles. The lowest BCUT2D eigenvalue weighted by atomic mass is 9.96. The largest absolute Gasteiger partial charge is 0.394 e. The van der Waals surface area contributed by atoms with Crippen LogP contribution in [0.15, 0.2) is 67.0 Å². The number of imide groups is 1. The lowest BCUT2D eigenvalue weighted by Crippen LogP contribution is -2.56. The lowest BCUT2D eigenvalue weighted by Gasteiger charge is -2.40. The van der Waals surface area contributed by atoms with Gasteiger partial charge in [0.1, 0.15) is 42.4 Å². The zero-order valence-electron chi connectivity index (χ0n) is 23.6. The molecule has 6 heterocycles. The second kappa shape index (κ2) is 10.4. The average molecular weight is 610 g/mol. The highest BCUT2D eigenvalue weighted by Gasteiger charge is 2.47. The molecule has 2 aromatic carbocycles. The van der Waals surface area contributed by atoms with Crippen LogP contribution in [0.2, 0.25) is 0 Å². The predicted molar refractivity (Wildman–Crippen MR) is 160 cm³/mol. The van der Waals surface area contributed by atoms with Gasteiger partial charge in [0.05, 0.1) is 35.4 Å². The van der Waals surface area contributed by atoms with E-state index in [4.69, 9.17) is 9.47 Å². The summed E-state index contributed by atoms with van der Waals surface area (Å²) in [6.45, 7) is -0.719. The first kappa shape index (κ1) is 27.8. The number of hydrogen-bond donors (Lipinski definition) is 5. The molecule has 13 nitrogen and oxygen atoms in total. The van der Waals surface area contributed by atoms with Crippen molar-refractivity contribution in [3.63, 3.8) is 0 Å². The molecule has 0 spiro atoms. The number of ether oxygens (including phenoxy) is 2. The first-order valence-corrected chi connectivity index (χ1v) is 14.4. The van der Waals surface area contributed by atoms with Gasteiger partial charge in [-0.05, 0) is 29.8 Å². The van der Waals surface area contributed by atoms with Gasteiger partial charge in [0.15, 0.2) is 6.23 Å². The smallest absolute Gasteiger partial charge is 0.264 e. The van der Waals surface area contributed by atoms with E-state index < -0.39 is 49.1 Å². The van der Waals surface area contributed by atoms with Crippen LogP contribution in [-0.4, -0.2) is 94.4 Å². The predicted octanol–water partition coefficient (Wildman–Crippen LogP) is 1.96. The van der Waals surface area contributed by atoms with E-state index >= 15 is 0 Å². The molecule has 0 bridgehead atoms. The minimum atomic E-state index is -1.66. The number of pyridine rings is 2. The van der Waals surface area contributed by atoms with Gasteiger partial charge in [-0.25, -0.2) is 14.9 Å². The summed E-state index contributed by atoms with van der Waals surface area (Å²) >= 11 is 0. The van der Waals surface area contributed by atoms with Crippen molar-refractivity contribution >= 4 is 55.7 Å². The van der Waals surface area contributed by atoms with Crippen molar-refractivity contribution in [3.05, 3.63) is 83.7 Å². The van der Waals surface area contributed by atoms with E-state index in [2.05, 4.69) is 15.0 Å². The van der Waals surface area contributed by atoms with Crippen molar-refractivity contribution < 1.29 is 39.5 Å². The maximum atomic E-state index is 14.2. The SMILES string of the molecule is O=C1c2c(c3c4cccnc4n([C@@H]4O[C@H](CO)[C@@H](O)[C@H](O)[C@H]4O)c3c3[nH]c4ncccc4c23)C(=O)N1COCc1ccccc1. The van der Waals surface area contributed by atoms with Crippen LogP contribution >= 0.6 is 0 Å². The number of carbonyl (C=O) groups excluding carboxylic acids is 2. The van der Waals surface area contributed by atoms with Crippen molar-refractivity contribution in [1.29, 1.82) is 0 Å². The Morgan fingerprint density at radius 2 is 1.56 bits per heavy atom. The summed E-state index contributed by atoms with van der Waals surface area (Å²) in [5.74, 6) is -1.10. The summed E-state index contributed by atoms with van der Waals surface area (Å²) in [6, 6.07) is 16.3. The van der Waals surface area contributed by atoms with Gasteiger partial charge >= 0.3 is 0 Å². The molecule has 8 rings (SSSR count). The molecule has 228 valence electrons. The number of H-pyrrole nitrogens is 1. The highest BCUT2D eigenvalue weighted by molar-refractivity contribution is 6.39. The number of hydrogen-bond acceptors (Lipinski definition) is 10. The minimum Gasteiger partial charge on any atom is -0.394 e. The first-order valence-electron chi connectivity index (χ1n) is 14.4. The quantitative estimate of drug-likeness (QED) is 0.175. The topological polar surface area (TPSA) is 183 Å². The number of fused-ring (bicyclic) bond motifs is 10. The molecule has 2 aliphatic heterocycles. The second-order valence-electron chi connectivity index (χ2n) is 11.2. The number of aromatic amines is 1. The number of rotatable bonds is 6. The molecule has 45 heavy (non-hydrogen) atoms. The number of nitrogens with one attached hydrogen (secondary N) is 1. The average Bonchev–Trinajstić information content (AvgIpc) is 3.69. The fourth-order valence-electron chi connectivity index (χ4n) is 6.63. The normalized spacial score (nSPS) is 23.6. The summed E-state index contributed by atoms with van der Waals surface area (Å²) in [5, 5.41) is 44.2. The van der Waals surface area contributed by atoms with E-state index in [-0.39, 0.29) is 30.1 Å². The van der Waals surface area contributed by atoms with Gasteiger partial charge in [-0.3, -0.25) is 14.2 Å². The summed E-state index contributed by atoms with van der Waals surface area (Å²) in [6.07, 6.45) is -4.29. The number of nitrogens with zero attached hydrogens (tertiary/aromatic N) is 4. The number of benzene rings is 2. The van der Waals surface area contributed by atoms with Crippen molar-refractivity contribution in [3.8, 4) is 0 Å². The summed E-state index contributed by atoms with van der Waals surface area (Å²) in [4.78, 5) is 41.7. The Morgan fingerprint density at radius 1 is 0.844 bits per heavy atom. The summed E-state index contributed by atoms with van der Waals surface area (Å²) < 4.78 is 13.4. The minimum absolute atomic E-state index is 0.136. The third-order valence-electron chi connectivity index (χ3n) is 8.69. The molecule has 0 radical (unpaired) electrons. The molecular formula is C32H27N5O8. The van der Waals surface area contributed by atoms with Crippen LogP contribution in [0.1, 0.15) is 32.5 Å². The van der Waals surface area contributed by atoms with Gasteiger partial charge in [0.25, 0.3) is 11.8 Å². The highest BCUT2D eigenvalue weighted by Crippen LogP contribution is 2.46. The molecule has 2 amide bonds. The first-order chi connectivity index (χ1) is 21.9. The maximum absolute atomic E-state index is 14.2. The number of amides is 2. The van der Waals surface area contributed by atoms with Crippen LogP contribution in [0.5, 0.6) is 0 Å². The third kappa shape index (κ3) is 3.96. The molecule has 13 heteroatoms. The zero-order valence-corrected chi connectivity index (χ0v) is 23.6. The number of aliphatic hydroxyl groups excluding tert-OH is 4. The number of aliphatic hydroxyl groups is 4. The van der Waals surface area contributed by atoms with E-state index in [1.807, 2.05) is 30.3 Å². The Kier molecular flexibility index (Phi) is 6.42. The van der Waals surface area contributed by atoms with Crippen LogP contribution in [0, 0.1) is 0 Å². The monoisotopic (exact) mass is 609 g/mol. The van der Waals surface area contributed by atoms with Crippen LogP contribution < -0.4 is 0 Å². The Morgan fingerprint density at radius 3 is 2.31 bits per heavy atom. The molecule has 0 unspecified atom stereocenters. The van der Waals surface area contributed by atoms with Gasteiger partial charge in [-0.2, -0.15) is 0 Å². The van der Waals surface area contributed by atoms with Gasteiger partial charge < -0.3 is 34.9 Å². The number of carbonyl (C=O) groups is 2. The zero-order chi connectivity index (χ0) is 31.0. The van der Waals surface area contributed by atoms with E-state index in [0.717, 1.165) is 10.5 Å². The van der Waals surface area contributed by atoms with Crippen molar-refractivity contribution in [1.82, 2.24) is 24.4 Å². The van der Waals surface area contributed by atoms with E-state index in [9.17, 15) is 30.0 Å². The van der Waals surface area contributed by atoms with E-state index in [1.54, 1.807) is 30.5 Å².